The van der Waals surface area contributed by atoms with Crippen molar-refractivity contribution in [1.29, 1.82) is 0 Å². The second-order valence-electron chi connectivity index (χ2n) is 5.96. The SMILES string of the molecule is CCOP(=O)(NC1CNCCC1OS(=O)(=O)c1ccc(C)cc1)OCC. The molecule has 148 valence electrons. The molecule has 0 bridgehead atoms. The second kappa shape index (κ2) is 9.41. The molecule has 1 saturated heterocycles. The molecule has 8 nitrogen and oxygen atoms in total. The van der Waals surface area contributed by atoms with Crippen molar-refractivity contribution in [2.24, 2.45) is 0 Å². The molecule has 1 aliphatic rings. The van der Waals surface area contributed by atoms with Gasteiger partial charge in [0.15, 0.2) is 0 Å². The summed E-state index contributed by atoms with van der Waals surface area (Å²) < 4.78 is 53.8. The zero-order chi connectivity index (χ0) is 19.2. The lowest BCUT2D eigenvalue weighted by atomic mass is 10.1. The van der Waals surface area contributed by atoms with E-state index in [1.165, 1.54) is 12.1 Å². The van der Waals surface area contributed by atoms with E-state index in [1.54, 1.807) is 26.0 Å². The Hall–Kier alpha value is -0.800. The molecule has 0 saturated carbocycles. The van der Waals surface area contributed by atoms with E-state index in [-0.39, 0.29) is 18.1 Å². The summed E-state index contributed by atoms with van der Waals surface area (Å²) in [5, 5.41) is 5.96. The summed E-state index contributed by atoms with van der Waals surface area (Å²) in [7, 11) is -7.46. The van der Waals surface area contributed by atoms with Gasteiger partial charge in [0.05, 0.1) is 30.3 Å². The third-order valence-electron chi connectivity index (χ3n) is 3.90. The van der Waals surface area contributed by atoms with Crippen molar-refractivity contribution in [3.05, 3.63) is 29.8 Å². The average Bonchev–Trinajstić information content (AvgIpc) is 2.57. The fraction of sp³-hybridized carbons (Fsp3) is 0.625. The second-order valence-corrected chi connectivity index (χ2v) is 9.30. The smallest absolute Gasteiger partial charge is 0.315 e. The summed E-state index contributed by atoms with van der Waals surface area (Å²) in [6.07, 6.45) is -0.238. The van der Waals surface area contributed by atoms with Crippen molar-refractivity contribution in [3.63, 3.8) is 0 Å². The molecular weight excluding hydrogens is 379 g/mol. The Bertz CT molecular complexity index is 715. The molecule has 1 fully saturated rings. The maximum Gasteiger partial charge on any atom is 0.405 e. The number of nitrogens with one attached hydrogen (secondary N) is 2. The Morgan fingerprint density at radius 1 is 1.19 bits per heavy atom. The maximum atomic E-state index is 12.7. The van der Waals surface area contributed by atoms with Crippen molar-refractivity contribution in [1.82, 2.24) is 10.4 Å². The van der Waals surface area contributed by atoms with Crippen LogP contribution in [0.4, 0.5) is 0 Å². The normalized spacial score (nSPS) is 21.7. The van der Waals surface area contributed by atoms with E-state index in [9.17, 15) is 13.0 Å². The van der Waals surface area contributed by atoms with Gasteiger partial charge in [-0.1, -0.05) is 17.7 Å². The molecule has 0 spiro atoms. The van der Waals surface area contributed by atoms with E-state index in [4.69, 9.17) is 13.2 Å². The molecule has 0 aliphatic carbocycles. The Labute approximate surface area is 155 Å². The third kappa shape index (κ3) is 5.85. The van der Waals surface area contributed by atoms with Gasteiger partial charge in [0, 0.05) is 6.54 Å². The predicted octanol–water partition coefficient (Wildman–Crippen LogP) is 2.20. The summed E-state index contributed by atoms with van der Waals surface area (Å²) in [4.78, 5) is 0.0955. The zero-order valence-corrected chi connectivity index (χ0v) is 17.0. The van der Waals surface area contributed by atoms with Crippen LogP contribution in [0.5, 0.6) is 0 Å². The van der Waals surface area contributed by atoms with Crippen LogP contribution < -0.4 is 10.4 Å². The van der Waals surface area contributed by atoms with Crippen LogP contribution in [-0.4, -0.2) is 46.9 Å². The number of piperidine rings is 1. The van der Waals surface area contributed by atoms with E-state index in [0.717, 1.165) is 5.56 Å². The van der Waals surface area contributed by atoms with Crippen molar-refractivity contribution < 1.29 is 26.2 Å². The lowest BCUT2D eigenvalue weighted by molar-refractivity contribution is 0.127. The zero-order valence-electron chi connectivity index (χ0n) is 15.3. The predicted molar refractivity (Wildman–Crippen MR) is 98.5 cm³/mol. The first-order valence-corrected chi connectivity index (χ1v) is 11.6. The minimum atomic E-state index is -3.93. The van der Waals surface area contributed by atoms with Gasteiger partial charge in [-0.3, -0.25) is 13.2 Å². The number of hydrogen-bond donors (Lipinski definition) is 2. The number of aryl methyl sites for hydroxylation is 1. The molecule has 1 aliphatic heterocycles. The van der Waals surface area contributed by atoms with E-state index in [1.807, 2.05) is 6.92 Å². The highest BCUT2D eigenvalue weighted by molar-refractivity contribution is 7.86. The third-order valence-corrected chi connectivity index (χ3v) is 7.09. The van der Waals surface area contributed by atoms with Crippen LogP contribution in [0.1, 0.15) is 25.8 Å². The molecule has 1 heterocycles. The number of rotatable bonds is 9. The lowest BCUT2D eigenvalue weighted by Crippen LogP contribution is -2.52. The Morgan fingerprint density at radius 2 is 1.81 bits per heavy atom. The molecule has 0 radical (unpaired) electrons. The van der Waals surface area contributed by atoms with E-state index < -0.39 is 30.0 Å². The molecule has 1 aromatic carbocycles. The van der Waals surface area contributed by atoms with Crippen molar-refractivity contribution in [2.75, 3.05) is 26.3 Å². The maximum absolute atomic E-state index is 12.7. The van der Waals surface area contributed by atoms with Crippen LogP contribution in [0.25, 0.3) is 0 Å². The van der Waals surface area contributed by atoms with Gasteiger partial charge in [0.25, 0.3) is 10.1 Å². The number of benzene rings is 1. The quantitative estimate of drug-likeness (QED) is 0.475. The van der Waals surface area contributed by atoms with Crippen LogP contribution in [0, 0.1) is 6.92 Å². The summed E-state index contributed by atoms with van der Waals surface area (Å²) >= 11 is 0. The van der Waals surface area contributed by atoms with Gasteiger partial charge < -0.3 is 5.32 Å². The minimum absolute atomic E-state index is 0.0955. The van der Waals surface area contributed by atoms with E-state index >= 15 is 0 Å². The first-order valence-electron chi connectivity index (χ1n) is 8.67. The first-order chi connectivity index (χ1) is 12.3. The van der Waals surface area contributed by atoms with Gasteiger partial charge in [-0.15, -0.1) is 0 Å². The average molecular weight is 406 g/mol. The largest absolute Gasteiger partial charge is 0.405 e. The van der Waals surface area contributed by atoms with Crippen LogP contribution in [0.3, 0.4) is 0 Å². The monoisotopic (exact) mass is 406 g/mol. The van der Waals surface area contributed by atoms with Crippen LogP contribution in [0.15, 0.2) is 29.2 Å². The molecule has 2 rings (SSSR count). The minimum Gasteiger partial charge on any atom is -0.315 e. The van der Waals surface area contributed by atoms with Crippen molar-refractivity contribution in [2.45, 2.75) is 44.2 Å². The van der Waals surface area contributed by atoms with E-state index in [2.05, 4.69) is 10.4 Å². The molecule has 2 unspecified atom stereocenters. The summed E-state index contributed by atoms with van der Waals surface area (Å²) in [6, 6.07) is 5.92. The first kappa shape index (κ1) is 21.5. The van der Waals surface area contributed by atoms with Crippen LogP contribution >= 0.6 is 7.75 Å². The Balaban J connectivity index is 2.15. The molecular formula is C16H27N2O6PS. The summed E-state index contributed by atoms with van der Waals surface area (Å²) in [5.41, 5.74) is 0.958. The van der Waals surface area contributed by atoms with Gasteiger partial charge in [0.2, 0.25) is 0 Å². The highest BCUT2D eigenvalue weighted by Gasteiger charge is 2.36. The standard InChI is InChI=1S/C16H27N2O6PS/c1-4-22-25(19,23-5-2)18-15-12-17-11-10-16(15)24-26(20,21)14-8-6-13(3)7-9-14/h6-9,15-17H,4-5,10-12H2,1-3H3,(H,18,19). The van der Waals surface area contributed by atoms with Gasteiger partial charge in [-0.05, 0) is 45.9 Å². The lowest BCUT2D eigenvalue weighted by Gasteiger charge is -2.33. The molecule has 26 heavy (non-hydrogen) atoms. The highest BCUT2D eigenvalue weighted by Crippen LogP contribution is 2.44. The van der Waals surface area contributed by atoms with Gasteiger partial charge in [0.1, 0.15) is 0 Å². The van der Waals surface area contributed by atoms with E-state index in [0.29, 0.717) is 19.5 Å². The molecule has 2 N–H and O–H groups in total. The molecule has 2 atom stereocenters. The van der Waals surface area contributed by atoms with Gasteiger partial charge in [-0.25, -0.2) is 9.65 Å². The van der Waals surface area contributed by atoms with Crippen LogP contribution in [0.2, 0.25) is 0 Å². The fourth-order valence-electron chi connectivity index (χ4n) is 2.66. The summed E-state index contributed by atoms with van der Waals surface area (Å²) in [5.74, 6) is 0. The van der Waals surface area contributed by atoms with Crippen LogP contribution in [-0.2, 0) is 27.9 Å². The molecule has 1 aromatic rings. The fourth-order valence-corrected chi connectivity index (χ4v) is 5.36. The highest BCUT2D eigenvalue weighted by atomic mass is 32.2. The summed E-state index contributed by atoms with van der Waals surface area (Å²) in [6.45, 7) is 6.70. The Kier molecular flexibility index (Phi) is 7.78. The Morgan fingerprint density at radius 3 is 2.38 bits per heavy atom. The number of hydrogen-bond acceptors (Lipinski definition) is 7. The topological polar surface area (TPSA) is 103 Å². The molecule has 10 heteroatoms. The van der Waals surface area contributed by atoms with Crippen molar-refractivity contribution in [3.8, 4) is 0 Å². The van der Waals surface area contributed by atoms with Gasteiger partial charge in [-0.2, -0.15) is 8.42 Å². The van der Waals surface area contributed by atoms with Crippen molar-refractivity contribution >= 4 is 17.9 Å². The molecule has 0 amide bonds. The molecule has 0 aromatic heterocycles. The van der Waals surface area contributed by atoms with Gasteiger partial charge >= 0.3 is 7.75 Å².